The highest BCUT2D eigenvalue weighted by atomic mass is 19.4. The average Bonchev–Trinajstić information content (AvgIpc) is 2.26. The lowest BCUT2D eigenvalue weighted by atomic mass is 9.88. The van der Waals surface area contributed by atoms with Crippen molar-refractivity contribution in [3.05, 3.63) is 34.9 Å². The SMILES string of the molecule is Cc1cc(C(F)(F)F)ccc1C(C)(O)CCNC(C)C. The molecular formula is C15H22F3NO. The predicted molar refractivity (Wildman–Crippen MR) is 73.5 cm³/mol. The predicted octanol–water partition coefficient (Wildman–Crippen LogP) is 3.61. The van der Waals surface area contributed by atoms with Crippen molar-refractivity contribution in [3.63, 3.8) is 0 Å². The highest BCUT2D eigenvalue weighted by Gasteiger charge is 2.32. The number of halogens is 3. The summed E-state index contributed by atoms with van der Waals surface area (Å²) in [7, 11) is 0. The van der Waals surface area contributed by atoms with E-state index in [-0.39, 0.29) is 0 Å². The summed E-state index contributed by atoms with van der Waals surface area (Å²) >= 11 is 0. The summed E-state index contributed by atoms with van der Waals surface area (Å²) in [6, 6.07) is 3.78. The second-order valence-electron chi connectivity index (χ2n) is 5.66. The van der Waals surface area contributed by atoms with Gasteiger partial charge in [0.2, 0.25) is 0 Å². The zero-order chi connectivity index (χ0) is 15.6. The van der Waals surface area contributed by atoms with Gasteiger partial charge in [-0.05, 0) is 50.1 Å². The van der Waals surface area contributed by atoms with E-state index in [1.807, 2.05) is 13.8 Å². The minimum Gasteiger partial charge on any atom is -0.385 e. The minimum absolute atomic E-state index is 0.305. The molecule has 0 aliphatic heterocycles. The van der Waals surface area contributed by atoms with E-state index in [1.165, 1.54) is 6.07 Å². The van der Waals surface area contributed by atoms with Crippen LogP contribution in [0.1, 0.15) is 43.9 Å². The van der Waals surface area contributed by atoms with Gasteiger partial charge < -0.3 is 10.4 Å². The Labute approximate surface area is 118 Å². The molecule has 0 aliphatic rings. The van der Waals surface area contributed by atoms with E-state index < -0.39 is 17.3 Å². The molecule has 2 nitrogen and oxygen atoms in total. The van der Waals surface area contributed by atoms with Gasteiger partial charge in [0.25, 0.3) is 0 Å². The Hall–Kier alpha value is -1.07. The maximum absolute atomic E-state index is 12.6. The van der Waals surface area contributed by atoms with Crippen LogP contribution in [-0.2, 0) is 11.8 Å². The Kier molecular flexibility index (Phi) is 5.21. The molecule has 0 spiro atoms. The monoisotopic (exact) mass is 289 g/mol. The molecule has 114 valence electrons. The fourth-order valence-electron chi connectivity index (χ4n) is 2.18. The van der Waals surface area contributed by atoms with E-state index in [0.717, 1.165) is 12.1 Å². The maximum atomic E-state index is 12.6. The molecule has 0 fully saturated rings. The topological polar surface area (TPSA) is 32.3 Å². The summed E-state index contributed by atoms with van der Waals surface area (Å²) < 4.78 is 37.8. The third-order valence-corrected chi connectivity index (χ3v) is 3.30. The molecule has 0 saturated carbocycles. The van der Waals surface area contributed by atoms with Crippen LogP contribution in [0, 0.1) is 6.92 Å². The lowest BCUT2D eigenvalue weighted by Crippen LogP contribution is -2.31. The van der Waals surface area contributed by atoms with Crippen molar-refractivity contribution in [2.24, 2.45) is 0 Å². The second-order valence-corrected chi connectivity index (χ2v) is 5.66. The maximum Gasteiger partial charge on any atom is 0.416 e. The third-order valence-electron chi connectivity index (χ3n) is 3.30. The Morgan fingerprint density at radius 3 is 2.30 bits per heavy atom. The van der Waals surface area contributed by atoms with E-state index >= 15 is 0 Å². The van der Waals surface area contributed by atoms with Gasteiger partial charge in [-0.1, -0.05) is 19.9 Å². The van der Waals surface area contributed by atoms with Gasteiger partial charge >= 0.3 is 6.18 Å². The van der Waals surface area contributed by atoms with Gasteiger partial charge in [0.15, 0.2) is 0 Å². The number of aryl methyl sites for hydroxylation is 1. The Bertz CT molecular complexity index is 453. The first-order valence-electron chi connectivity index (χ1n) is 6.68. The summed E-state index contributed by atoms with van der Waals surface area (Å²) in [5, 5.41) is 13.6. The van der Waals surface area contributed by atoms with Gasteiger partial charge in [0, 0.05) is 6.04 Å². The van der Waals surface area contributed by atoms with Crippen molar-refractivity contribution >= 4 is 0 Å². The van der Waals surface area contributed by atoms with Gasteiger partial charge in [0.05, 0.1) is 11.2 Å². The van der Waals surface area contributed by atoms with Crippen molar-refractivity contribution in [1.29, 1.82) is 0 Å². The van der Waals surface area contributed by atoms with E-state index in [9.17, 15) is 18.3 Å². The molecule has 5 heteroatoms. The fourth-order valence-corrected chi connectivity index (χ4v) is 2.18. The van der Waals surface area contributed by atoms with Crippen LogP contribution in [0.25, 0.3) is 0 Å². The van der Waals surface area contributed by atoms with Crippen LogP contribution in [-0.4, -0.2) is 17.7 Å². The van der Waals surface area contributed by atoms with Crippen molar-refractivity contribution < 1.29 is 18.3 Å². The van der Waals surface area contributed by atoms with Crippen LogP contribution in [0.15, 0.2) is 18.2 Å². The van der Waals surface area contributed by atoms with Gasteiger partial charge in [-0.3, -0.25) is 0 Å². The minimum atomic E-state index is -4.35. The van der Waals surface area contributed by atoms with Crippen molar-refractivity contribution in [3.8, 4) is 0 Å². The van der Waals surface area contributed by atoms with Crippen molar-refractivity contribution in [2.45, 2.75) is 51.9 Å². The number of benzene rings is 1. The molecule has 0 aromatic heterocycles. The standard InChI is InChI=1S/C15H22F3NO/c1-10(2)19-8-7-14(4,20)13-6-5-12(9-11(13)3)15(16,17)18/h5-6,9-10,19-20H,7-8H2,1-4H3. The van der Waals surface area contributed by atoms with E-state index in [2.05, 4.69) is 5.32 Å². The third kappa shape index (κ3) is 4.49. The van der Waals surface area contributed by atoms with Gasteiger partial charge in [-0.25, -0.2) is 0 Å². The Morgan fingerprint density at radius 1 is 1.25 bits per heavy atom. The van der Waals surface area contributed by atoms with Crippen LogP contribution in [0.3, 0.4) is 0 Å². The zero-order valence-electron chi connectivity index (χ0n) is 12.3. The fraction of sp³-hybridized carbons (Fsp3) is 0.600. The molecule has 0 bridgehead atoms. The molecular weight excluding hydrogens is 267 g/mol. The molecule has 2 N–H and O–H groups in total. The second kappa shape index (κ2) is 6.14. The molecule has 0 amide bonds. The molecule has 0 heterocycles. The molecule has 1 aromatic rings. The summed E-state index contributed by atoms with van der Waals surface area (Å²) in [4.78, 5) is 0. The largest absolute Gasteiger partial charge is 0.416 e. The normalized spacial score (nSPS) is 15.4. The molecule has 0 saturated heterocycles. The summed E-state index contributed by atoms with van der Waals surface area (Å²) in [5.41, 5.74) is -0.837. The lowest BCUT2D eigenvalue weighted by Gasteiger charge is -2.27. The van der Waals surface area contributed by atoms with Crippen LogP contribution in [0.4, 0.5) is 13.2 Å². The van der Waals surface area contributed by atoms with E-state index in [4.69, 9.17) is 0 Å². The number of hydrogen-bond donors (Lipinski definition) is 2. The first kappa shape index (κ1) is 17.0. The van der Waals surface area contributed by atoms with Crippen LogP contribution >= 0.6 is 0 Å². The quantitative estimate of drug-likeness (QED) is 0.868. The summed E-state index contributed by atoms with van der Waals surface area (Å²) in [5.74, 6) is 0. The number of alkyl halides is 3. The Balaban J connectivity index is 2.90. The number of aliphatic hydroxyl groups is 1. The van der Waals surface area contributed by atoms with E-state index in [1.54, 1.807) is 13.8 Å². The first-order chi connectivity index (χ1) is 9.04. The van der Waals surface area contributed by atoms with Crippen LogP contribution in [0.5, 0.6) is 0 Å². The summed E-state index contributed by atoms with van der Waals surface area (Å²) in [6.45, 7) is 7.82. The molecule has 1 aromatic carbocycles. The molecule has 20 heavy (non-hydrogen) atoms. The highest BCUT2D eigenvalue weighted by Crippen LogP contribution is 2.33. The van der Waals surface area contributed by atoms with Crippen LogP contribution in [0.2, 0.25) is 0 Å². The highest BCUT2D eigenvalue weighted by molar-refractivity contribution is 5.36. The van der Waals surface area contributed by atoms with Gasteiger partial charge in [0.1, 0.15) is 0 Å². The van der Waals surface area contributed by atoms with E-state index in [0.29, 0.717) is 30.1 Å². The number of nitrogens with one attached hydrogen (secondary N) is 1. The molecule has 1 unspecified atom stereocenters. The molecule has 0 radical (unpaired) electrons. The molecule has 1 atom stereocenters. The van der Waals surface area contributed by atoms with Crippen molar-refractivity contribution in [2.75, 3.05) is 6.54 Å². The first-order valence-corrected chi connectivity index (χ1v) is 6.68. The van der Waals surface area contributed by atoms with Gasteiger partial charge in [-0.15, -0.1) is 0 Å². The molecule has 0 aliphatic carbocycles. The summed E-state index contributed by atoms with van der Waals surface area (Å²) in [6.07, 6.45) is -3.91. The zero-order valence-corrected chi connectivity index (χ0v) is 12.3. The van der Waals surface area contributed by atoms with Gasteiger partial charge in [-0.2, -0.15) is 13.2 Å². The lowest BCUT2D eigenvalue weighted by molar-refractivity contribution is -0.137. The van der Waals surface area contributed by atoms with Crippen LogP contribution < -0.4 is 5.32 Å². The number of rotatable bonds is 5. The molecule has 1 rings (SSSR count). The van der Waals surface area contributed by atoms with Crippen molar-refractivity contribution in [1.82, 2.24) is 5.32 Å². The smallest absolute Gasteiger partial charge is 0.385 e. The number of hydrogen-bond acceptors (Lipinski definition) is 2. The average molecular weight is 289 g/mol. The Morgan fingerprint density at radius 2 is 1.85 bits per heavy atom.